The first-order chi connectivity index (χ1) is 5.79. The second-order valence-corrected chi connectivity index (χ2v) is 2.13. The van der Waals surface area contributed by atoms with E-state index in [-0.39, 0.29) is 11.5 Å². The summed E-state index contributed by atoms with van der Waals surface area (Å²) in [4.78, 5) is 14.3. The average Bonchev–Trinajstić information content (AvgIpc) is 2.47. The van der Waals surface area contributed by atoms with Crippen LogP contribution < -0.4 is 0 Å². The molecule has 0 spiro atoms. The van der Waals surface area contributed by atoms with E-state index in [9.17, 15) is 4.79 Å². The van der Waals surface area contributed by atoms with Crippen LogP contribution in [0.25, 0.3) is 5.78 Å². The van der Waals surface area contributed by atoms with Crippen molar-refractivity contribution in [3.63, 3.8) is 0 Å². The van der Waals surface area contributed by atoms with Gasteiger partial charge in [0.2, 0.25) is 0 Å². The Morgan fingerprint density at radius 3 is 3.17 bits per heavy atom. The molecule has 0 saturated heterocycles. The van der Waals surface area contributed by atoms with Crippen LogP contribution in [0, 0.1) is 0 Å². The van der Waals surface area contributed by atoms with Crippen molar-refractivity contribution in [3.8, 4) is 0 Å². The van der Waals surface area contributed by atoms with E-state index in [1.807, 2.05) is 0 Å². The molecular formula is C6H4N4O2. The van der Waals surface area contributed by atoms with Crippen LogP contribution in [0.3, 0.4) is 0 Å². The van der Waals surface area contributed by atoms with Crippen molar-refractivity contribution in [2.45, 2.75) is 0 Å². The fourth-order valence-corrected chi connectivity index (χ4v) is 0.912. The van der Waals surface area contributed by atoms with Gasteiger partial charge >= 0.3 is 5.97 Å². The molecule has 0 bridgehead atoms. The van der Waals surface area contributed by atoms with Gasteiger partial charge in [-0.15, -0.1) is 5.10 Å². The van der Waals surface area contributed by atoms with Gasteiger partial charge in [-0.25, -0.2) is 9.78 Å². The van der Waals surface area contributed by atoms with Gasteiger partial charge in [-0.3, -0.25) is 4.40 Å². The lowest BCUT2D eigenvalue weighted by Gasteiger charge is -1.91. The van der Waals surface area contributed by atoms with Crippen LogP contribution in [-0.4, -0.2) is 30.7 Å². The van der Waals surface area contributed by atoms with Crippen molar-refractivity contribution in [3.05, 3.63) is 24.3 Å². The lowest BCUT2D eigenvalue weighted by atomic mass is 10.5. The third-order valence-corrected chi connectivity index (χ3v) is 1.43. The summed E-state index contributed by atoms with van der Waals surface area (Å²) in [6.45, 7) is 0. The topological polar surface area (TPSA) is 80.4 Å². The highest BCUT2D eigenvalue weighted by molar-refractivity contribution is 5.86. The second kappa shape index (κ2) is 2.26. The maximum Gasteiger partial charge on any atom is 0.354 e. The van der Waals surface area contributed by atoms with Crippen molar-refractivity contribution in [2.24, 2.45) is 0 Å². The van der Waals surface area contributed by atoms with Crippen LogP contribution in [-0.2, 0) is 0 Å². The Balaban J connectivity index is 2.79. The van der Waals surface area contributed by atoms with Crippen LogP contribution >= 0.6 is 0 Å². The van der Waals surface area contributed by atoms with Gasteiger partial charge in [0.05, 0.1) is 12.4 Å². The van der Waals surface area contributed by atoms with Crippen LogP contribution in [0.5, 0.6) is 0 Å². The minimum absolute atomic E-state index is 0.0832. The average molecular weight is 164 g/mol. The van der Waals surface area contributed by atoms with Crippen LogP contribution in [0.2, 0.25) is 0 Å². The lowest BCUT2D eigenvalue weighted by molar-refractivity contribution is 0.0689. The molecule has 1 N–H and O–H groups in total. The number of aromatic nitrogens is 4. The smallest absolute Gasteiger partial charge is 0.354 e. The molecule has 2 heterocycles. The summed E-state index contributed by atoms with van der Waals surface area (Å²) in [5.74, 6) is -0.745. The number of aromatic carboxylic acids is 1. The van der Waals surface area contributed by atoms with Gasteiger partial charge < -0.3 is 5.11 Å². The van der Waals surface area contributed by atoms with Crippen molar-refractivity contribution in [1.82, 2.24) is 19.6 Å². The molecule has 0 radical (unpaired) electrons. The normalized spacial score (nSPS) is 10.3. The Morgan fingerprint density at radius 1 is 1.58 bits per heavy atom. The van der Waals surface area contributed by atoms with Gasteiger partial charge in [0.1, 0.15) is 0 Å². The molecular weight excluding hydrogens is 160 g/mol. The highest BCUT2D eigenvalue weighted by Crippen LogP contribution is 2.01. The number of carbonyl (C=O) groups is 1. The summed E-state index contributed by atoms with van der Waals surface area (Å²) in [5.41, 5.74) is 0.0832. The quantitative estimate of drug-likeness (QED) is 0.632. The van der Waals surface area contributed by atoms with Gasteiger partial charge in [0.15, 0.2) is 5.69 Å². The molecule has 0 aliphatic carbocycles. The molecule has 2 aromatic heterocycles. The Morgan fingerprint density at radius 2 is 2.42 bits per heavy atom. The SMILES string of the molecule is O=C(O)c1cnc2nnccn12. The monoisotopic (exact) mass is 164 g/mol. The summed E-state index contributed by atoms with van der Waals surface area (Å²) >= 11 is 0. The number of carboxylic acids is 1. The molecule has 0 amide bonds. The lowest BCUT2D eigenvalue weighted by Crippen LogP contribution is -2.01. The fraction of sp³-hybridized carbons (Fsp3) is 0. The Labute approximate surface area is 66.5 Å². The van der Waals surface area contributed by atoms with Gasteiger partial charge in [-0.2, -0.15) is 5.10 Å². The van der Waals surface area contributed by atoms with E-state index in [2.05, 4.69) is 15.2 Å². The number of nitrogens with zero attached hydrogens (tertiary/aromatic N) is 4. The van der Waals surface area contributed by atoms with Crippen LogP contribution in [0.15, 0.2) is 18.6 Å². The Hall–Kier alpha value is -1.98. The van der Waals surface area contributed by atoms with Gasteiger partial charge in [0, 0.05) is 6.20 Å². The summed E-state index contributed by atoms with van der Waals surface area (Å²) in [5, 5.41) is 15.8. The second-order valence-electron chi connectivity index (χ2n) is 2.13. The van der Waals surface area contributed by atoms with E-state index in [0.29, 0.717) is 0 Å². The molecule has 0 aromatic carbocycles. The number of carboxylic acid groups (broad SMARTS) is 1. The molecule has 0 unspecified atom stereocenters. The van der Waals surface area contributed by atoms with E-state index < -0.39 is 5.97 Å². The number of hydrogen-bond donors (Lipinski definition) is 1. The maximum atomic E-state index is 10.6. The number of hydrogen-bond acceptors (Lipinski definition) is 4. The van der Waals surface area contributed by atoms with E-state index in [1.165, 1.54) is 23.0 Å². The number of fused-ring (bicyclic) bond motifs is 1. The molecule has 60 valence electrons. The van der Waals surface area contributed by atoms with E-state index in [1.54, 1.807) is 0 Å². The molecule has 6 nitrogen and oxygen atoms in total. The Bertz CT molecular complexity index is 436. The predicted octanol–water partition coefficient (Wildman–Crippen LogP) is -0.178. The third-order valence-electron chi connectivity index (χ3n) is 1.43. The standard InChI is InChI=1S/C6H4N4O2/c11-5(12)4-3-7-6-9-8-1-2-10(4)6/h1-3H,(H,11,12). The van der Waals surface area contributed by atoms with Gasteiger partial charge in [-0.1, -0.05) is 0 Å². The molecule has 12 heavy (non-hydrogen) atoms. The molecule has 6 heteroatoms. The molecule has 2 aromatic rings. The van der Waals surface area contributed by atoms with E-state index >= 15 is 0 Å². The molecule has 0 atom stereocenters. The largest absolute Gasteiger partial charge is 0.477 e. The first kappa shape index (κ1) is 6.71. The number of rotatable bonds is 1. The van der Waals surface area contributed by atoms with E-state index in [0.717, 1.165) is 0 Å². The van der Waals surface area contributed by atoms with Crippen molar-refractivity contribution in [1.29, 1.82) is 0 Å². The molecule has 0 aliphatic rings. The van der Waals surface area contributed by atoms with Crippen molar-refractivity contribution >= 4 is 11.7 Å². The maximum absolute atomic E-state index is 10.6. The highest BCUT2D eigenvalue weighted by Gasteiger charge is 2.09. The predicted molar refractivity (Wildman–Crippen MR) is 37.7 cm³/mol. The van der Waals surface area contributed by atoms with Crippen molar-refractivity contribution < 1.29 is 9.90 Å². The van der Waals surface area contributed by atoms with E-state index in [4.69, 9.17) is 5.11 Å². The number of imidazole rings is 1. The first-order valence-corrected chi connectivity index (χ1v) is 3.17. The highest BCUT2D eigenvalue weighted by atomic mass is 16.4. The zero-order chi connectivity index (χ0) is 8.55. The van der Waals surface area contributed by atoms with Crippen LogP contribution in [0.4, 0.5) is 0 Å². The van der Waals surface area contributed by atoms with Crippen molar-refractivity contribution in [2.75, 3.05) is 0 Å². The molecule has 2 rings (SSSR count). The zero-order valence-corrected chi connectivity index (χ0v) is 5.88. The Kier molecular flexibility index (Phi) is 1.26. The summed E-state index contributed by atoms with van der Waals surface area (Å²) < 4.78 is 1.36. The summed E-state index contributed by atoms with van der Waals surface area (Å²) in [6.07, 6.45) is 4.15. The van der Waals surface area contributed by atoms with Crippen LogP contribution in [0.1, 0.15) is 10.5 Å². The first-order valence-electron chi connectivity index (χ1n) is 3.17. The molecule has 0 fully saturated rings. The minimum atomic E-state index is -1.03. The summed E-state index contributed by atoms with van der Waals surface area (Å²) in [6, 6.07) is 0. The zero-order valence-electron chi connectivity index (χ0n) is 5.88. The minimum Gasteiger partial charge on any atom is -0.477 e. The molecule has 0 aliphatic heterocycles. The van der Waals surface area contributed by atoms with Gasteiger partial charge in [-0.05, 0) is 0 Å². The fourth-order valence-electron chi connectivity index (χ4n) is 0.912. The molecule has 0 saturated carbocycles. The summed E-state index contributed by atoms with van der Waals surface area (Å²) in [7, 11) is 0. The van der Waals surface area contributed by atoms with Gasteiger partial charge in [0.25, 0.3) is 5.78 Å². The third kappa shape index (κ3) is 0.815.